The molecule has 2 aromatic heterocycles. The van der Waals surface area contributed by atoms with Crippen LogP contribution in [0.3, 0.4) is 0 Å². The normalized spacial score (nSPS) is 13.6. The van der Waals surface area contributed by atoms with Gasteiger partial charge in [-0.3, -0.25) is 19.8 Å². The monoisotopic (exact) mass is 453 g/mol. The van der Waals surface area contributed by atoms with Crippen molar-refractivity contribution in [2.24, 2.45) is 0 Å². The van der Waals surface area contributed by atoms with Crippen LogP contribution in [0.4, 0.5) is 17.2 Å². The van der Waals surface area contributed by atoms with Gasteiger partial charge in [0.25, 0.3) is 11.8 Å². The summed E-state index contributed by atoms with van der Waals surface area (Å²) in [6, 6.07) is 17.2. The Balaban J connectivity index is 1.33. The number of aromatic nitrogens is 4. The summed E-state index contributed by atoms with van der Waals surface area (Å²) in [7, 11) is 0. The predicted molar refractivity (Wildman–Crippen MR) is 131 cm³/mol. The molecule has 5 N–H and O–H groups in total. The Labute approximate surface area is 195 Å². The van der Waals surface area contributed by atoms with E-state index in [-0.39, 0.29) is 11.8 Å². The lowest BCUT2D eigenvalue weighted by Gasteiger charge is -2.08. The van der Waals surface area contributed by atoms with E-state index in [0.717, 1.165) is 33.8 Å². The van der Waals surface area contributed by atoms with Gasteiger partial charge in [0.1, 0.15) is 5.82 Å². The zero-order valence-corrected chi connectivity index (χ0v) is 18.7. The minimum Gasteiger partial charge on any atom is -0.346 e. The number of nitrogens with one attached hydrogen (secondary N) is 5. The fraction of sp³-hybridized carbons (Fsp3) is 0.120. The maximum Gasteiger partial charge on any atom is 0.276 e. The number of H-pyrrole nitrogens is 2. The summed E-state index contributed by atoms with van der Waals surface area (Å²) in [6.07, 6.45) is 2.33. The van der Waals surface area contributed by atoms with Crippen LogP contribution >= 0.6 is 0 Å². The standard InChI is InChI=1S/C25H23N7O2/c1-14-8-22(31-29-14)25(34)27-18-5-3-4-16(11-18)10-17-6-7-21-19(12-17)20(24(33)28-21)13-26-23-9-15(2)30-32-23/h3-9,11-13H,10H2,1-2H3,(H,27,34)(H,28,33)(H,29,31)(H2,26,30,32)/b20-13-. The van der Waals surface area contributed by atoms with E-state index in [1.807, 2.05) is 62.4 Å². The first-order chi connectivity index (χ1) is 16.4. The highest BCUT2D eigenvalue weighted by atomic mass is 16.2. The molecule has 0 bridgehead atoms. The molecule has 9 nitrogen and oxygen atoms in total. The van der Waals surface area contributed by atoms with Gasteiger partial charge in [0.05, 0.1) is 11.3 Å². The molecule has 0 radical (unpaired) electrons. The number of benzene rings is 2. The van der Waals surface area contributed by atoms with Crippen molar-refractivity contribution in [2.45, 2.75) is 20.3 Å². The average Bonchev–Trinajstić information content (AvgIpc) is 3.51. The predicted octanol–water partition coefficient (Wildman–Crippen LogP) is 4.00. The summed E-state index contributed by atoms with van der Waals surface area (Å²) in [4.78, 5) is 24.9. The maximum absolute atomic E-state index is 12.5. The molecule has 4 aromatic rings. The van der Waals surface area contributed by atoms with Gasteiger partial charge in [-0.05, 0) is 61.7 Å². The Hall–Kier alpha value is -4.66. The zero-order chi connectivity index (χ0) is 23.7. The minimum absolute atomic E-state index is 0.158. The molecule has 9 heteroatoms. The molecule has 3 heterocycles. The van der Waals surface area contributed by atoms with Gasteiger partial charge in [-0.2, -0.15) is 10.2 Å². The third-order valence-electron chi connectivity index (χ3n) is 5.48. The van der Waals surface area contributed by atoms with Gasteiger partial charge in [0, 0.05) is 34.9 Å². The maximum atomic E-state index is 12.5. The molecule has 34 heavy (non-hydrogen) atoms. The molecule has 1 aliphatic rings. The first kappa shape index (κ1) is 21.2. The van der Waals surface area contributed by atoms with Gasteiger partial charge in [0.2, 0.25) is 0 Å². The average molecular weight is 454 g/mol. The van der Waals surface area contributed by atoms with Crippen LogP contribution < -0.4 is 16.0 Å². The van der Waals surface area contributed by atoms with E-state index < -0.39 is 0 Å². The number of aromatic amines is 2. The second-order valence-electron chi connectivity index (χ2n) is 8.23. The van der Waals surface area contributed by atoms with E-state index in [1.165, 1.54) is 0 Å². The lowest BCUT2D eigenvalue weighted by atomic mass is 9.99. The Kier molecular flexibility index (Phi) is 5.43. The third kappa shape index (κ3) is 4.44. The molecular formula is C25H23N7O2. The molecule has 170 valence electrons. The van der Waals surface area contributed by atoms with Crippen molar-refractivity contribution in [3.05, 3.63) is 94.6 Å². The van der Waals surface area contributed by atoms with E-state index in [4.69, 9.17) is 0 Å². The van der Waals surface area contributed by atoms with Crippen LogP contribution in [-0.4, -0.2) is 32.2 Å². The van der Waals surface area contributed by atoms with Gasteiger partial charge < -0.3 is 16.0 Å². The van der Waals surface area contributed by atoms with Crippen molar-refractivity contribution < 1.29 is 9.59 Å². The molecule has 2 amide bonds. The second-order valence-corrected chi connectivity index (χ2v) is 8.23. The largest absolute Gasteiger partial charge is 0.346 e. The number of anilines is 3. The molecule has 0 aliphatic carbocycles. The number of amides is 2. The van der Waals surface area contributed by atoms with Crippen LogP contribution in [0.2, 0.25) is 0 Å². The SMILES string of the molecule is Cc1cc(N/C=C2\C(=O)Nc3ccc(Cc4cccc(NC(=O)c5cc(C)[nH]n5)c4)cc32)[nH]n1. The van der Waals surface area contributed by atoms with Gasteiger partial charge in [-0.25, -0.2) is 0 Å². The molecule has 0 spiro atoms. The molecule has 0 saturated carbocycles. The highest BCUT2D eigenvalue weighted by molar-refractivity contribution is 6.31. The molecule has 0 saturated heterocycles. The van der Waals surface area contributed by atoms with Crippen molar-refractivity contribution in [1.29, 1.82) is 0 Å². The smallest absolute Gasteiger partial charge is 0.276 e. The summed E-state index contributed by atoms with van der Waals surface area (Å²) in [6.45, 7) is 3.73. The molecule has 0 fully saturated rings. The van der Waals surface area contributed by atoms with E-state index in [0.29, 0.717) is 29.2 Å². The van der Waals surface area contributed by atoms with E-state index in [9.17, 15) is 9.59 Å². The summed E-state index contributed by atoms with van der Waals surface area (Å²) in [5.74, 6) is 0.291. The highest BCUT2D eigenvalue weighted by Crippen LogP contribution is 2.33. The van der Waals surface area contributed by atoms with Gasteiger partial charge in [-0.1, -0.05) is 18.2 Å². The van der Waals surface area contributed by atoms with E-state index >= 15 is 0 Å². The summed E-state index contributed by atoms with van der Waals surface area (Å²) in [5.41, 5.74) is 6.97. The molecule has 0 atom stereocenters. The van der Waals surface area contributed by atoms with Crippen molar-refractivity contribution in [3.8, 4) is 0 Å². The Morgan fingerprint density at radius 2 is 1.85 bits per heavy atom. The highest BCUT2D eigenvalue weighted by Gasteiger charge is 2.24. The first-order valence-electron chi connectivity index (χ1n) is 10.8. The van der Waals surface area contributed by atoms with E-state index in [2.05, 4.69) is 36.3 Å². The second kappa shape index (κ2) is 8.70. The number of hydrogen-bond donors (Lipinski definition) is 5. The van der Waals surface area contributed by atoms with Crippen LogP contribution in [0.5, 0.6) is 0 Å². The third-order valence-corrected chi connectivity index (χ3v) is 5.48. The van der Waals surface area contributed by atoms with Crippen LogP contribution in [0.25, 0.3) is 5.57 Å². The van der Waals surface area contributed by atoms with Crippen molar-refractivity contribution in [2.75, 3.05) is 16.0 Å². The molecular weight excluding hydrogens is 430 g/mol. The number of hydrogen-bond acceptors (Lipinski definition) is 5. The van der Waals surface area contributed by atoms with Gasteiger partial charge >= 0.3 is 0 Å². The summed E-state index contributed by atoms with van der Waals surface area (Å²) < 4.78 is 0. The van der Waals surface area contributed by atoms with Crippen molar-refractivity contribution >= 4 is 34.6 Å². The molecule has 1 aliphatic heterocycles. The number of fused-ring (bicyclic) bond motifs is 1. The molecule has 0 unspecified atom stereocenters. The van der Waals surface area contributed by atoms with Crippen molar-refractivity contribution in [3.63, 3.8) is 0 Å². The van der Waals surface area contributed by atoms with E-state index in [1.54, 1.807) is 12.3 Å². The fourth-order valence-electron chi connectivity index (χ4n) is 3.86. The van der Waals surface area contributed by atoms with Gasteiger partial charge in [-0.15, -0.1) is 0 Å². The summed E-state index contributed by atoms with van der Waals surface area (Å²) >= 11 is 0. The number of rotatable bonds is 6. The van der Waals surface area contributed by atoms with Crippen molar-refractivity contribution in [1.82, 2.24) is 20.4 Å². The Morgan fingerprint density at radius 3 is 2.62 bits per heavy atom. The zero-order valence-electron chi connectivity index (χ0n) is 18.7. The topological polar surface area (TPSA) is 128 Å². The lowest BCUT2D eigenvalue weighted by molar-refractivity contribution is -0.110. The first-order valence-corrected chi connectivity index (χ1v) is 10.8. The van der Waals surface area contributed by atoms with Crippen LogP contribution in [0.1, 0.15) is 38.6 Å². The van der Waals surface area contributed by atoms with Gasteiger partial charge in [0.15, 0.2) is 5.69 Å². The number of nitrogens with zero attached hydrogens (tertiary/aromatic N) is 2. The number of carbonyl (C=O) groups excluding carboxylic acids is 2. The minimum atomic E-state index is -0.265. The van der Waals surface area contributed by atoms with Crippen LogP contribution in [-0.2, 0) is 11.2 Å². The molecule has 5 rings (SSSR count). The lowest BCUT2D eigenvalue weighted by Crippen LogP contribution is -2.12. The Morgan fingerprint density at radius 1 is 1.00 bits per heavy atom. The fourth-order valence-corrected chi connectivity index (χ4v) is 3.86. The van der Waals surface area contributed by atoms with Crippen LogP contribution in [0.15, 0.2) is 60.8 Å². The number of aryl methyl sites for hydroxylation is 2. The molecule has 2 aromatic carbocycles. The van der Waals surface area contributed by atoms with Crippen LogP contribution in [0, 0.1) is 13.8 Å². The summed E-state index contributed by atoms with van der Waals surface area (Å²) in [5, 5.41) is 22.6. The quantitative estimate of drug-likeness (QED) is 0.282. The Bertz CT molecular complexity index is 1430. The number of carbonyl (C=O) groups is 2.